The number of nitrogens with one attached hydrogen (secondary N) is 1. The lowest BCUT2D eigenvalue weighted by Gasteiger charge is -2.23. The highest BCUT2D eigenvalue weighted by Crippen LogP contribution is 2.30. The Bertz CT molecular complexity index is 1350. The van der Waals surface area contributed by atoms with Gasteiger partial charge in [-0.25, -0.2) is 4.99 Å². The maximum Gasteiger partial charge on any atom is 0.250 e. The van der Waals surface area contributed by atoms with E-state index in [2.05, 4.69) is 10.3 Å². The number of carbonyl (C=O) groups is 2. The molecule has 1 atom stereocenters. The second-order valence-corrected chi connectivity index (χ2v) is 8.54. The molecule has 1 fully saturated rings. The highest BCUT2D eigenvalue weighted by molar-refractivity contribution is 6.32. The van der Waals surface area contributed by atoms with E-state index in [9.17, 15) is 9.59 Å². The van der Waals surface area contributed by atoms with Gasteiger partial charge in [0.15, 0.2) is 0 Å². The molecule has 6 nitrogen and oxygen atoms in total. The third kappa shape index (κ3) is 5.13. The first-order valence-electron chi connectivity index (χ1n) is 10.7. The van der Waals surface area contributed by atoms with Crippen LogP contribution in [0, 0.1) is 0 Å². The van der Waals surface area contributed by atoms with E-state index in [0.717, 1.165) is 27.3 Å². The van der Waals surface area contributed by atoms with Crippen molar-refractivity contribution in [3.63, 3.8) is 0 Å². The van der Waals surface area contributed by atoms with Gasteiger partial charge in [-0.05, 0) is 70.8 Å². The fourth-order valence-corrected chi connectivity index (χ4v) is 4.21. The summed E-state index contributed by atoms with van der Waals surface area (Å²) in [6, 6.07) is 19.1. The van der Waals surface area contributed by atoms with Gasteiger partial charge in [0, 0.05) is 0 Å². The number of rotatable bonds is 5. The molecular formula is C26H21ClN2O4. The van der Waals surface area contributed by atoms with Gasteiger partial charge in [-0.15, -0.1) is 0 Å². The average molecular weight is 461 g/mol. The van der Waals surface area contributed by atoms with Gasteiger partial charge < -0.3 is 14.8 Å². The zero-order chi connectivity index (χ0) is 22.8. The fraction of sp³-hybridized carbons (Fsp3) is 0.192. The molecule has 0 aromatic heterocycles. The lowest BCUT2D eigenvalue weighted by atomic mass is 10.1. The molecule has 1 N–H and O–H groups in total. The first-order chi connectivity index (χ1) is 16.0. The fourth-order valence-electron chi connectivity index (χ4n) is 3.98. The molecule has 0 saturated carbocycles. The number of morpholine rings is 1. The molecule has 0 aliphatic carbocycles. The van der Waals surface area contributed by atoms with Crippen molar-refractivity contribution in [2.75, 3.05) is 13.2 Å². The molecule has 0 radical (unpaired) electrons. The van der Waals surface area contributed by atoms with Gasteiger partial charge in [0.2, 0.25) is 5.91 Å². The number of hydrogen-bond donors (Lipinski definition) is 1. The normalized spacial score (nSPS) is 18.0. The summed E-state index contributed by atoms with van der Waals surface area (Å²) >= 11 is 6.47. The zero-order valence-corrected chi connectivity index (χ0v) is 18.5. The number of benzene rings is 3. The number of nitrogens with zero attached hydrogens (tertiary/aromatic N) is 1. The maximum atomic E-state index is 11.5. The molecule has 1 unspecified atom stereocenters. The Labute approximate surface area is 195 Å². The minimum absolute atomic E-state index is 0.0168. The standard InChI is InChI=1S/C26H21ClN2O4/c27-22-12-18(9-17-3-7-23-19(10-17)13-25(30)29-23)4-8-24(22)33-21-5-1-16(2-6-21)11-20-14-32-15-26(31)28-20/h1-10,12,20H,11,13-15H2,(H,28,31). The second-order valence-electron chi connectivity index (χ2n) is 8.13. The number of fused-ring (bicyclic) bond motifs is 1. The van der Waals surface area contributed by atoms with Gasteiger partial charge in [0.25, 0.3) is 5.91 Å². The highest BCUT2D eigenvalue weighted by atomic mass is 35.5. The first kappa shape index (κ1) is 21.4. The first-order valence-corrected chi connectivity index (χ1v) is 11.1. The lowest BCUT2D eigenvalue weighted by Crippen LogP contribution is -2.46. The molecular weight excluding hydrogens is 440 g/mol. The summed E-state index contributed by atoms with van der Waals surface area (Å²) in [7, 11) is 0. The number of carbonyl (C=O) groups excluding carboxylic acids is 2. The average Bonchev–Trinajstić information content (AvgIpc) is 3.16. The quantitative estimate of drug-likeness (QED) is 0.635. The minimum Gasteiger partial charge on any atom is -0.456 e. The summed E-state index contributed by atoms with van der Waals surface area (Å²) in [6.45, 7) is 0.646. The van der Waals surface area contributed by atoms with Gasteiger partial charge in [-0.1, -0.05) is 35.9 Å². The Morgan fingerprint density at radius 3 is 2.73 bits per heavy atom. The molecule has 7 heteroatoms. The third-order valence-corrected chi connectivity index (χ3v) is 5.83. The van der Waals surface area contributed by atoms with Crippen LogP contribution in [0.25, 0.3) is 6.08 Å². The summed E-state index contributed by atoms with van der Waals surface area (Å²) in [5.74, 6) is 1.05. The minimum atomic E-state index is -0.102. The summed E-state index contributed by atoms with van der Waals surface area (Å²) in [4.78, 5) is 26.9. The molecule has 2 heterocycles. The third-order valence-electron chi connectivity index (χ3n) is 5.53. The zero-order valence-electron chi connectivity index (χ0n) is 17.7. The predicted molar refractivity (Wildman–Crippen MR) is 124 cm³/mol. The smallest absolute Gasteiger partial charge is 0.250 e. The Morgan fingerprint density at radius 2 is 1.94 bits per heavy atom. The summed E-state index contributed by atoms with van der Waals surface area (Å²) in [6.07, 6.45) is 3.05. The molecule has 33 heavy (non-hydrogen) atoms. The Hall–Kier alpha value is -3.48. The highest BCUT2D eigenvalue weighted by Gasteiger charge is 2.18. The number of hydrogen-bond acceptors (Lipinski definition) is 4. The van der Waals surface area contributed by atoms with Gasteiger partial charge in [-0.2, -0.15) is 0 Å². The molecule has 2 amide bonds. The molecule has 0 spiro atoms. The molecule has 2 aliphatic heterocycles. The number of ether oxygens (including phenoxy) is 2. The Balaban J connectivity index is 1.26. The van der Waals surface area contributed by atoms with Crippen molar-refractivity contribution in [3.05, 3.63) is 93.0 Å². The van der Waals surface area contributed by atoms with E-state index >= 15 is 0 Å². The Kier molecular flexibility index (Phi) is 5.94. The molecule has 3 aromatic rings. The topological polar surface area (TPSA) is 77.0 Å². The molecule has 3 aromatic carbocycles. The van der Waals surface area contributed by atoms with Crippen molar-refractivity contribution < 1.29 is 19.1 Å². The van der Waals surface area contributed by atoms with Crippen LogP contribution in [-0.2, 0) is 27.2 Å². The van der Waals surface area contributed by atoms with Crippen molar-refractivity contribution in [3.8, 4) is 11.5 Å². The van der Waals surface area contributed by atoms with Crippen molar-refractivity contribution >= 4 is 29.5 Å². The van der Waals surface area contributed by atoms with E-state index in [0.29, 0.717) is 36.0 Å². The second kappa shape index (κ2) is 9.17. The lowest BCUT2D eigenvalue weighted by molar-refractivity contribution is -0.131. The van der Waals surface area contributed by atoms with Gasteiger partial charge >= 0.3 is 0 Å². The summed E-state index contributed by atoms with van der Waals surface area (Å²) in [5, 5.41) is 5.17. The molecule has 2 aliphatic rings. The molecule has 0 bridgehead atoms. The van der Waals surface area contributed by atoms with Crippen molar-refractivity contribution in [1.29, 1.82) is 0 Å². The van der Waals surface area contributed by atoms with Gasteiger partial charge in [0.1, 0.15) is 18.1 Å². The van der Waals surface area contributed by atoms with Crippen LogP contribution in [0.2, 0.25) is 5.02 Å². The molecule has 1 saturated heterocycles. The van der Waals surface area contributed by atoms with E-state index in [4.69, 9.17) is 21.1 Å². The largest absolute Gasteiger partial charge is 0.456 e. The van der Waals surface area contributed by atoms with Crippen LogP contribution >= 0.6 is 11.6 Å². The maximum absolute atomic E-state index is 11.5. The van der Waals surface area contributed by atoms with E-state index < -0.39 is 0 Å². The summed E-state index contributed by atoms with van der Waals surface area (Å²) < 4.78 is 11.2. The van der Waals surface area contributed by atoms with E-state index in [-0.39, 0.29) is 24.5 Å². The van der Waals surface area contributed by atoms with Crippen LogP contribution in [-0.4, -0.2) is 31.1 Å². The Morgan fingerprint density at radius 1 is 1.09 bits per heavy atom. The van der Waals surface area contributed by atoms with Crippen molar-refractivity contribution in [2.45, 2.75) is 18.9 Å². The SMILES string of the molecule is O=C1Cc2cc(=Cc3ccc(Oc4ccc(CC5COCC(=O)N5)cc4)c(Cl)c3)ccc2=N1. The van der Waals surface area contributed by atoms with Crippen LogP contribution in [0.15, 0.2) is 65.7 Å². The number of amides is 2. The monoisotopic (exact) mass is 460 g/mol. The van der Waals surface area contributed by atoms with E-state index in [1.54, 1.807) is 0 Å². The molecule has 5 rings (SSSR count). The van der Waals surface area contributed by atoms with Crippen molar-refractivity contribution in [2.24, 2.45) is 4.99 Å². The van der Waals surface area contributed by atoms with Crippen LogP contribution in [0.4, 0.5) is 0 Å². The van der Waals surface area contributed by atoms with Gasteiger partial charge in [0.05, 0.1) is 29.4 Å². The summed E-state index contributed by atoms with van der Waals surface area (Å²) in [5.41, 5.74) is 2.96. The van der Waals surface area contributed by atoms with Crippen LogP contribution in [0.5, 0.6) is 11.5 Å². The van der Waals surface area contributed by atoms with E-state index in [1.165, 1.54) is 0 Å². The molecule has 166 valence electrons. The van der Waals surface area contributed by atoms with Crippen LogP contribution < -0.4 is 20.6 Å². The number of halogens is 1. The van der Waals surface area contributed by atoms with Crippen molar-refractivity contribution in [1.82, 2.24) is 5.32 Å². The van der Waals surface area contributed by atoms with Gasteiger partial charge in [-0.3, -0.25) is 9.59 Å². The predicted octanol–water partition coefficient (Wildman–Crippen LogP) is 2.72. The van der Waals surface area contributed by atoms with E-state index in [1.807, 2.05) is 66.7 Å². The van der Waals surface area contributed by atoms with Crippen LogP contribution in [0.1, 0.15) is 16.7 Å². The van der Waals surface area contributed by atoms with Crippen LogP contribution in [0.3, 0.4) is 0 Å².